The van der Waals surface area contributed by atoms with E-state index >= 15 is 0 Å². The van der Waals surface area contributed by atoms with E-state index in [1.54, 1.807) is 0 Å². The van der Waals surface area contributed by atoms with E-state index in [1.165, 1.54) is 20.8 Å². The molecular formula is C5H9Cl3O2S. The monoisotopic (exact) mass is 238 g/mol. The molecule has 2 nitrogen and oxygen atoms in total. The highest BCUT2D eigenvalue weighted by molar-refractivity contribution is 7.98. The Kier molecular flexibility index (Phi) is 3.17. The standard InChI is InChI=1S/C5H9Cl3O2S/c1-4(2,3)11(9,10)5(6,7)8/h1-3H3. The lowest BCUT2D eigenvalue weighted by Gasteiger charge is -2.23. The van der Waals surface area contributed by atoms with E-state index in [0.717, 1.165) is 0 Å². The van der Waals surface area contributed by atoms with Crippen LogP contribution in [0.25, 0.3) is 0 Å². The molecule has 0 aromatic carbocycles. The first kappa shape index (κ1) is 11.8. The summed E-state index contributed by atoms with van der Waals surface area (Å²) in [6.45, 7) is 4.43. The summed E-state index contributed by atoms with van der Waals surface area (Å²) in [6, 6.07) is 0. The number of hydrogen-bond acceptors (Lipinski definition) is 2. The zero-order chi connectivity index (χ0) is 9.50. The molecule has 0 spiro atoms. The van der Waals surface area contributed by atoms with Gasteiger partial charge in [-0.15, -0.1) is 0 Å². The highest BCUT2D eigenvalue weighted by Crippen LogP contribution is 2.39. The number of rotatable bonds is 0. The minimum atomic E-state index is -3.72. The van der Waals surface area contributed by atoms with Crippen LogP contribution in [0, 0.1) is 0 Å². The maximum absolute atomic E-state index is 11.3. The van der Waals surface area contributed by atoms with E-state index in [2.05, 4.69) is 0 Å². The summed E-state index contributed by atoms with van der Waals surface area (Å²) in [7, 11) is -3.72. The average Bonchev–Trinajstić information content (AvgIpc) is 1.58. The molecule has 0 heterocycles. The number of hydrogen-bond donors (Lipinski definition) is 0. The Hall–Kier alpha value is 0.820. The van der Waals surface area contributed by atoms with Crippen LogP contribution < -0.4 is 0 Å². The van der Waals surface area contributed by atoms with Crippen molar-refractivity contribution in [2.24, 2.45) is 0 Å². The van der Waals surface area contributed by atoms with E-state index in [-0.39, 0.29) is 0 Å². The molecule has 11 heavy (non-hydrogen) atoms. The lowest BCUT2D eigenvalue weighted by Crippen LogP contribution is -2.37. The molecule has 0 amide bonds. The van der Waals surface area contributed by atoms with Crippen LogP contribution in [0.4, 0.5) is 0 Å². The van der Waals surface area contributed by atoms with Crippen molar-refractivity contribution in [3.63, 3.8) is 0 Å². The molecule has 0 saturated heterocycles. The Balaban J connectivity index is 5.11. The Morgan fingerprint density at radius 3 is 1.27 bits per heavy atom. The Morgan fingerprint density at radius 2 is 1.27 bits per heavy atom. The number of halogens is 3. The second-order valence-electron chi connectivity index (χ2n) is 3.06. The quantitative estimate of drug-likeness (QED) is 0.609. The Morgan fingerprint density at radius 1 is 1.00 bits per heavy atom. The van der Waals surface area contributed by atoms with Gasteiger partial charge in [-0.25, -0.2) is 8.42 Å². The van der Waals surface area contributed by atoms with Crippen LogP contribution in [0.5, 0.6) is 0 Å². The van der Waals surface area contributed by atoms with Crippen LogP contribution in [0.2, 0.25) is 0 Å². The van der Waals surface area contributed by atoms with Crippen molar-refractivity contribution in [1.29, 1.82) is 0 Å². The van der Waals surface area contributed by atoms with Crippen molar-refractivity contribution in [2.45, 2.75) is 28.6 Å². The van der Waals surface area contributed by atoms with E-state index in [9.17, 15) is 8.42 Å². The third kappa shape index (κ3) is 2.38. The first-order chi connectivity index (χ1) is 4.50. The molecule has 0 aromatic rings. The van der Waals surface area contributed by atoms with Gasteiger partial charge in [0, 0.05) is 0 Å². The Bertz CT molecular complexity index is 211. The van der Waals surface area contributed by atoms with Crippen LogP contribution >= 0.6 is 34.8 Å². The maximum atomic E-state index is 11.3. The van der Waals surface area contributed by atoms with Crippen LogP contribution in [-0.2, 0) is 9.84 Å². The summed E-state index contributed by atoms with van der Waals surface area (Å²) >= 11 is 15.8. The predicted molar refractivity (Wildman–Crippen MR) is 49.0 cm³/mol. The van der Waals surface area contributed by atoms with Gasteiger partial charge >= 0.3 is 0 Å². The predicted octanol–water partition coefficient (Wildman–Crippen LogP) is 2.53. The van der Waals surface area contributed by atoms with Gasteiger partial charge in [0.2, 0.25) is 9.84 Å². The fourth-order valence-electron chi connectivity index (χ4n) is 0.347. The largest absolute Gasteiger partial charge is 0.292 e. The second-order valence-corrected chi connectivity index (χ2v) is 8.86. The average molecular weight is 240 g/mol. The normalized spacial score (nSPS) is 15.1. The van der Waals surface area contributed by atoms with Gasteiger partial charge in [-0.3, -0.25) is 0 Å². The van der Waals surface area contributed by atoms with Gasteiger partial charge in [-0.2, -0.15) is 0 Å². The molecule has 0 aliphatic heterocycles. The molecule has 0 saturated carbocycles. The molecule has 0 bridgehead atoms. The molecular weight excluding hydrogens is 230 g/mol. The summed E-state index contributed by atoms with van der Waals surface area (Å²) in [5, 5.41) is 0. The molecule has 0 unspecified atom stereocenters. The summed E-state index contributed by atoms with van der Waals surface area (Å²) in [5.74, 6) is 0. The minimum Gasteiger partial charge on any atom is -0.224 e. The van der Waals surface area contributed by atoms with E-state index in [1.807, 2.05) is 0 Å². The third-order valence-electron chi connectivity index (χ3n) is 1.11. The molecule has 0 aliphatic rings. The molecule has 6 heteroatoms. The van der Waals surface area contributed by atoms with E-state index in [4.69, 9.17) is 34.8 Å². The highest BCUT2D eigenvalue weighted by atomic mass is 35.6. The zero-order valence-electron chi connectivity index (χ0n) is 6.36. The molecule has 0 N–H and O–H groups in total. The van der Waals surface area contributed by atoms with Gasteiger partial charge in [0.05, 0.1) is 4.75 Å². The first-order valence-corrected chi connectivity index (χ1v) is 5.43. The lowest BCUT2D eigenvalue weighted by molar-refractivity contribution is 0.560. The van der Waals surface area contributed by atoms with Crippen molar-refractivity contribution >= 4 is 44.6 Å². The van der Waals surface area contributed by atoms with Gasteiger partial charge in [-0.05, 0) is 20.8 Å². The van der Waals surface area contributed by atoms with Gasteiger partial charge in [-0.1, -0.05) is 34.8 Å². The van der Waals surface area contributed by atoms with Crippen molar-refractivity contribution in [3.8, 4) is 0 Å². The highest BCUT2D eigenvalue weighted by Gasteiger charge is 2.46. The lowest BCUT2D eigenvalue weighted by atomic mass is 10.3. The van der Waals surface area contributed by atoms with Crippen LogP contribution in [0.3, 0.4) is 0 Å². The summed E-state index contributed by atoms with van der Waals surface area (Å²) in [5.41, 5.74) is 0. The van der Waals surface area contributed by atoms with Gasteiger partial charge in [0.15, 0.2) is 0 Å². The topological polar surface area (TPSA) is 34.1 Å². The number of sulfone groups is 1. The molecule has 0 aliphatic carbocycles. The SMILES string of the molecule is CC(C)(C)S(=O)(=O)C(Cl)(Cl)Cl. The van der Waals surface area contributed by atoms with Crippen LogP contribution in [0.1, 0.15) is 20.8 Å². The molecule has 0 atom stereocenters. The zero-order valence-corrected chi connectivity index (χ0v) is 9.44. The third-order valence-corrected chi connectivity index (χ3v) is 5.16. The first-order valence-electron chi connectivity index (χ1n) is 2.81. The summed E-state index contributed by atoms with van der Waals surface area (Å²) in [6.07, 6.45) is 0. The number of alkyl halides is 3. The minimum absolute atomic E-state index is 1.04. The van der Waals surface area contributed by atoms with Crippen molar-refractivity contribution in [1.82, 2.24) is 0 Å². The molecule has 0 aromatic heterocycles. The van der Waals surface area contributed by atoms with E-state index < -0.39 is 17.7 Å². The fraction of sp³-hybridized carbons (Fsp3) is 1.00. The van der Waals surface area contributed by atoms with Crippen molar-refractivity contribution < 1.29 is 8.42 Å². The summed E-state index contributed by atoms with van der Waals surface area (Å²) in [4.78, 5) is 0. The van der Waals surface area contributed by atoms with Gasteiger partial charge in [0.25, 0.3) is 3.12 Å². The van der Waals surface area contributed by atoms with E-state index in [0.29, 0.717) is 0 Å². The molecule has 0 fully saturated rings. The summed E-state index contributed by atoms with van der Waals surface area (Å²) < 4.78 is 19.3. The maximum Gasteiger partial charge on any atom is 0.292 e. The van der Waals surface area contributed by atoms with Crippen LogP contribution in [0.15, 0.2) is 0 Å². The van der Waals surface area contributed by atoms with Gasteiger partial charge in [0.1, 0.15) is 0 Å². The van der Waals surface area contributed by atoms with Gasteiger partial charge < -0.3 is 0 Å². The van der Waals surface area contributed by atoms with Crippen LogP contribution in [-0.4, -0.2) is 16.3 Å². The smallest absolute Gasteiger partial charge is 0.224 e. The molecule has 0 rings (SSSR count). The second kappa shape index (κ2) is 2.95. The van der Waals surface area contributed by atoms with Crippen molar-refractivity contribution in [2.75, 3.05) is 0 Å². The molecule has 0 radical (unpaired) electrons. The molecule has 68 valence electrons. The van der Waals surface area contributed by atoms with Crippen molar-refractivity contribution in [3.05, 3.63) is 0 Å². The Labute approximate surface area is 81.7 Å². The fourth-order valence-corrected chi connectivity index (χ4v) is 3.12.